The molecule has 0 radical (unpaired) electrons. The Morgan fingerprint density at radius 3 is 3.10 bits per heavy atom. The summed E-state index contributed by atoms with van der Waals surface area (Å²) in [5.74, 6) is 0.0136. The van der Waals surface area contributed by atoms with Gasteiger partial charge in [0.1, 0.15) is 6.04 Å². The van der Waals surface area contributed by atoms with Crippen molar-refractivity contribution in [3.63, 3.8) is 0 Å². The molecule has 5 heteroatoms. The molecule has 2 rings (SSSR count). The number of amides is 1. The van der Waals surface area contributed by atoms with Crippen LogP contribution in [0.15, 0.2) is 28.7 Å². The highest BCUT2D eigenvalue weighted by atomic mass is 79.9. The Morgan fingerprint density at radius 1 is 1.60 bits per heavy atom. The second kappa shape index (κ2) is 7.20. The fraction of sp³-hybridized carbons (Fsp3) is 0.533. The van der Waals surface area contributed by atoms with Gasteiger partial charge in [-0.05, 0) is 38.0 Å². The first-order valence-corrected chi connectivity index (χ1v) is 7.75. The standard InChI is InChI=1S/C15H21BrN2O2/c1-10(8-12-4-3-5-13(16)9-12)18-15(19)14-11(2)20-7-6-17-14/h3-5,9-11,14,17H,6-8H2,1-2H3,(H,18,19)/t10?,11-,14+/m1/s1. The van der Waals surface area contributed by atoms with Gasteiger partial charge in [-0.1, -0.05) is 28.1 Å². The molecular weight excluding hydrogens is 320 g/mol. The molecule has 0 aromatic heterocycles. The summed E-state index contributed by atoms with van der Waals surface area (Å²) in [6, 6.07) is 7.98. The van der Waals surface area contributed by atoms with Crippen LogP contribution in [-0.2, 0) is 16.0 Å². The summed E-state index contributed by atoms with van der Waals surface area (Å²) in [4.78, 5) is 12.2. The first-order chi connectivity index (χ1) is 9.56. The summed E-state index contributed by atoms with van der Waals surface area (Å²) in [6.45, 7) is 5.34. The smallest absolute Gasteiger partial charge is 0.240 e. The van der Waals surface area contributed by atoms with Gasteiger partial charge in [-0.3, -0.25) is 4.79 Å². The first kappa shape index (κ1) is 15.5. The molecule has 4 nitrogen and oxygen atoms in total. The summed E-state index contributed by atoms with van der Waals surface area (Å²) < 4.78 is 6.56. The number of hydrogen-bond donors (Lipinski definition) is 2. The number of nitrogens with one attached hydrogen (secondary N) is 2. The molecule has 110 valence electrons. The normalized spacial score (nSPS) is 24.1. The molecule has 0 saturated carbocycles. The lowest BCUT2D eigenvalue weighted by Crippen LogP contribution is -2.56. The number of carbonyl (C=O) groups is 1. The maximum Gasteiger partial charge on any atom is 0.240 e. The lowest BCUT2D eigenvalue weighted by atomic mass is 10.1. The number of carbonyl (C=O) groups excluding carboxylic acids is 1. The van der Waals surface area contributed by atoms with Crippen LogP contribution in [0.5, 0.6) is 0 Å². The van der Waals surface area contributed by atoms with E-state index in [-0.39, 0.29) is 24.1 Å². The summed E-state index contributed by atoms with van der Waals surface area (Å²) >= 11 is 3.46. The monoisotopic (exact) mass is 340 g/mol. The van der Waals surface area contributed by atoms with Crippen molar-refractivity contribution in [3.8, 4) is 0 Å². The average molecular weight is 341 g/mol. The molecule has 1 heterocycles. The Bertz CT molecular complexity index is 467. The van der Waals surface area contributed by atoms with Crippen LogP contribution in [0, 0.1) is 0 Å². The molecule has 1 aliphatic rings. The van der Waals surface area contributed by atoms with Crippen LogP contribution in [0.2, 0.25) is 0 Å². The minimum absolute atomic E-state index is 0.0136. The van der Waals surface area contributed by atoms with E-state index >= 15 is 0 Å². The SMILES string of the molecule is CC(Cc1cccc(Br)c1)NC(=O)[C@H]1NCCO[C@@H]1C. The van der Waals surface area contributed by atoms with Crippen molar-refractivity contribution in [2.24, 2.45) is 0 Å². The predicted molar refractivity (Wildman–Crippen MR) is 82.7 cm³/mol. The van der Waals surface area contributed by atoms with Crippen LogP contribution in [0.3, 0.4) is 0 Å². The molecule has 0 spiro atoms. The van der Waals surface area contributed by atoms with Crippen LogP contribution in [0.4, 0.5) is 0 Å². The van der Waals surface area contributed by atoms with Gasteiger partial charge in [0.05, 0.1) is 12.7 Å². The van der Waals surface area contributed by atoms with Crippen LogP contribution in [-0.4, -0.2) is 37.2 Å². The van der Waals surface area contributed by atoms with Crippen molar-refractivity contribution < 1.29 is 9.53 Å². The number of benzene rings is 1. The van der Waals surface area contributed by atoms with Gasteiger partial charge in [-0.2, -0.15) is 0 Å². The number of rotatable bonds is 4. The quantitative estimate of drug-likeness (QED) is 0.879. The molecule has 0 bridgehead atoms. The lowest BCUT2D eigenvalue weighted by molar-refractivity contribution is -0.129. The van der Waals surface area contributed by atoms with Crippen LogP contribution in [0.1, 0.15) is 19.4 Å². The molecule has 2 N–H and O–H groups in total. The van der Waals surface area contributed by atoms with Crippen molar-refractivity contribution in [1.29, 1.82) is 0 Å². The van der Waals surface area contributed by atoms with Crippen LogP contribution >= 0.6 is 15.9 Å². The lowest BCUT2D eigenvalue weighted by Gasteiger charge is -2.30. The Morgan fingerprint density at radius 2 is 2.40 bits per heavy atom. The van der Waals surface area contributed by atoms with Crippen LogP contribution in [0.25, 0.3) is 0 Å². The molecule has 1 aliphatic heterocycles. The number of halogens is 1. The van der Waals surface area contributed by atoms with Crippen molar-refractivity contribution >= 4 is 21.8 Å². The molecule has 3 atom stereocenters. The minimum atomic E-state index is -0.256. The fourth-order valence-electron chi connectivity index (χ4n) is 2.43. The molecule has 1 aromatic rings. The zero-order valence-electron chi connectivity index (χ0n) is 11.9. The predicted octanol–water partition coefficient (Wildman–Crippen LogP) is 1.87. The van der Waals surface area contributed by atoms with E-state index in [4.69, 9.17) is 4.74 Å². The molecule has 1 aromatic carbocycles. The molecule has 0 aliphatic carbocycles. The number of ether oxygens (including phenoxy) is 1. The van der Waals surface area contributed by atoms with E-state index in [0.717, 1.165) is 17.4 Å². The van der Waals surface area contributed by atoms with Crippen molar-refractivity contribution in [3.05, 3.63) is 34.3 Å². The zero-order valence-corrected chi connectivity index (χ0v) is 13.4. The number of morpholine rings is 1. The van der Waals surface area contributed by atoms with E-state index in [0.29, 0.717) is 6.61 Å². The summed E-state index contributed by atoms with van der Waals surface area (Å²) in [5.41, 5.74) is 1.20. The molecule has 1 saturated heterocycles. The maximum atomic E-state index is 12.2. The number of hydrogen-bond acceptors (Lipinski definition) is 3. The maximum absolute atomic E-state index is 12.2. The van der Waals surface area contributed by atoms with E-state index in [1.54, 1.807) is 0 Å². The molecule has 1 unspecified atom stereocenters. The van der Waals surface area contributed by atoms with Gasteiger partial charge in [0.2, 0.25) is 5.91 Å². The van der Waals surface area contributed by atoms with Crippen molar-refractivity contribution in [1.82, 2.24) is 10.6 Å². The molecule has 20 heavy (non-hydrogen) atoms. The molecule has 1 fully saturated rings. The third kappa shape index (κ3) is 4.30. The zero-order chi connectivity index (χ0) is 14.5. The van der Waals surface area contributed by atoms with Crippen molar-refractivity contribution in [2.45, 2.75) is 38.5 Å². The Labute approximate surface area is 128 Å². The van der Waals surface area contributed by atoms with Gasteiger partial charge in [0.25, 0.3) is 0 Å². The highest BCUT2D eigenvalue weighted by Crippen LogP contribution is 2.13. The Kier molecular flexibility index (Phi) is 5.57. The van der Waals surface area contributed by atoms with E-state index in [2.05, 4.69) is 38.7 Å². The Balaban J connectivity index is 1.87. The van der Waals surface area contributed by atoms with Gasteiger partial charge in [-0.15, -0.1) is 0 Å². The third-order valence-electron chi connectivity index (χ3n) is 3.42. The van der Waals surface area contributed by atoms with Gasteiger partial charge >= 0.3 is 0 Å². The van der Waals surface area contributed by atoms with Gasteiger partial charge in [-0.25, -0.2) is 0 Å². The van der Waals surface area contributed by atoms with E-state index < -0.39 is 0 Å². The summed E-state index contributed by atoms with van der Waals surface area (Å²) in [5, 5.41) is 6.25. The third-order valence-corrected chi connectivity index (χ3v) is 3.91. The largest absolute Gasteiger partial charge is 0.375 e. The second-order valence-electron chi connectivity index (χ2n) is 5.25. The highest BCUT2D eigenvalue weighted by Gasteiger charge is 2.28. The van der Waals surface area contributed by atoms with E-state index in [1.807, 2.05) is 26.0 Å². The minimum Gasteiger partial charge on any atom is -0.375 e. The van der Waals surface area contributed by atoms with Crippen LogP contribution < -0.4 is 10.6 Å². The molecular formula is C15H21BrN2O2. The van der Waals surface area contributed by atoms with Gasteiger partial charge in [0.15, 0.2) is 0 Å². The first-order valence-electron chi connectivity index (χ1n) is 6.96. The summed E-state index contributed by atoms with van der Waals surface area (Å²) in [7, 11) is 0. The van der Waals surface area contributed by atoms with E-state index in [1.165, 1.54) is 5.56 Å². The summed E-state index contributed by atoms with van der Waals surface area (Å²) in [6.07, 6.45) is 0.731. The topological polar surface area (TPSA) is 50.4 Å². The average Bonchev–Trinajstić information content (AvgIpc) is 2.38. The second-order valence-corrected chi connectivity index (χ2v) is 6.17. The fourth-order valence-corrected chi connectivity index (χ4v) is 2.88. The highest BCUT2D eigenvalue weighted by molar-refractivity contribution is 9.10. The van der Waals surface area contributed by atoms with Gasteiger partial charge in [0, 0.05) is 17.1 Å². The Hall–Kier alpha value is -0.910. The van der Waals surface area contributed by atoms with Gasteiger partial charge < -0.3 is 15.4 Å². The molecule has 1 amide bonds. The van der Waals surface area contributed by atoms with Crippen molar-refractivity contribution in [2.75, 3.05) is 13.2 Å². The van der Waals surface area contributed by atoms with E-state index in [9.17, 15) is 4.79 Å².